The van der Waals surface area contributed by atoms with Gasteiger partial charge in [-0.15, -0.1) is 0 Å². The fraction of sp³-hybridized carbons (Fsp3) is 0.333. The number of nitrogens with zero attached hydrogens (tertiary/aromatic N) is 3. The number of ether oxygens (including phenoxy) is 1. The summed E-state index contributed by atoms with van der Waals surface area (Å²) < 4.78 is 5.70. The fourth-order valence-corrected chi connectivity index (χ4v) is 4.00. The maximum absolute atomic E-state index is 12.2. The van der Waals surface area contributed by atoms with Crippen molar-refractivity contribution in [3.05, 3.63) is 71.4 Å². The molecule has 2 heterocycles. The molecule has 1 saturated heterocycles. The van der Waals surface area contributed by atoms with Crippen molar-refractivity contribution in [1.29, 1.82) is 0 Å². The number of aromatic nitrogens is 1. The molecule has 1 aromatic heterocycles. The molecule has 0 saturated carbocycles. The van der Waals surface area contributed by atoms with E-state index in [0.717, 1.165) is 44.7 Å². The van der Waals surface area contributed by atoms with Crippen molar-refractivity contribution in [2.45, 2.75) is 6.54 Å². The summed E-state index contributed by atoms with van der Waals surface area (Å²) >= 11 is 6.20. The first-order chi connectivity index (χ1) is 15.2. The summed E-state index contributed by atoms with van der Waals surface area (Å²) in [5.74, 6) is 0.423. The number of nitrogens with one attached hydrogen (secondary N) is 1. The number of fused-ring (bicyclic) bond motifs is 1. The highest BCUT2D eigenvalue weighted by Gasteiger charge is 2.17. The maximum atomic E-state index is 12.2. The predicted molar refractivity (Wildman–Crippen MR) is 123 cm³/mol. The van der Waals surface area contributed by atoms with Crippen molar-refractivity contribution in [1.82, 2.24) is 20.1 Å². The Kier molecular flexibility index (Phi) is 7.35. The molecule has 1 amide bonds. The Morgan fingerprint density at radius 3 is 2.58 bits per heavy atom. The van der Waals surface area contributed by atoms with E-state index in [-0.39, 0.29) is 12.5 Å². The van der Waals surface area contributed by atoms with Gasteiger partial charge in [-0.2, -0.15) is 0 Å². The van der Waals surface area contributed by atoms with Gasteiger partial charge in [0.15, 0.2) is 6.61 Å². The van der Waals surface area contributed by atoms with Crippen LogP contribution in [0.15, 0.2) is 60.8 Å². The lowest BCUT2D eigenvalue weighted by atomic mass is 10.2. The van der Waals surface area contributed by atoms with Gasteiger partial charge in [-0.25, -0.2) is 0 Å². The van der Waals surface area contributed by atoms with E-state index in [0.29, 0.717) is 22.8 Å². The minimum atomic E-state index is -0.137. The van der Waals surface area contributed by atoms with Crippen molar-refractivity contribution >= 4 is 28.4 Å². The number of carbonyl (C=O) groups is 1. The van der Waals surface area contributed by atoms with Crippen LogP contribution < -0.4 is 10.1 Å². The Hall–Kier alpha value is -2.67. The Labute approximate surface area is 187 Å². The molecule has 0 aliphatic carbocycles. The predicted octanol–water partition coefficient (Wildman–Crippen LogP) is 3.20. The SMILES string of the molecule is O=C(COc1ccc(Cl)c2cccnc12)NCCN1CCN(Cc2ccccc2)CC1. The first kappa shape index (κ1) is 21.6. The molecule has 0 bridgehead atoms. The number of benzene rings is 2. The van der Waals surface area contributed by atoms with Gasteiger partial charge in [0, 0.05) is 57.4 Å². The second kappa shape index (κ2) is 10.6. The number of hydrogen-bond donors (Lipinski definition) is 1. The van der Waals surface area contributed by atoms with Crippen molar-refractivity contribution in [2.24, 2.45) is 0 Å². The van der Waals surface area contributed by atoms with E-state index in [1.54, 1.807) is 18.3 Å². The average Bonchev–Trinajstić information content (AvgIpc) is 2.81. The molecule has 1 fully saturated rings. The van der Waals surface area contributed by atoms with Crippen LogP contribution in [0.3, 0.4) is 0 Å². The fourth-order valence-electron chi connectivity index (χ4n) is 3.79. The average molecular weight is 439 g/mol. The van der Waals surface area contributed by atoms with E-state index >= 15 is 0 Å². The standard InChI is InChI=1S/C24H27ClN4O2/c25-21-8-9-22(24-20(21)7-4-10-27-24)31-18-23(30)26-11-12-28-13-15-29(16-14-28)17-19-5-2-1-3-6-19/h1-10H,11-18H2,(H,26,30). The first-order valence-electron chi connectivity index (χ1n) is 10.6. The second-order valence-electron chi connectivity index (χ2n) is 7.69. The topological polar surface area (TPSA) is 57.7 Å². The van der Waals surface area contributed by atoms with Gasteiger partial charge in [-0.3, -0.25) is 19.6 Å². The summed E-state index contributed by atoms with van der Waals surface area (Å²) in [5, 5.41) is 4.37. The van der Waals surface area contributed by atoms with Gasteiger partial charge in [0.1, 0.15) is 11.3 Å². The molecule has 1 aliphatic rings. The molecular formula is C24H27ClN4O2. The monoisotopic (exact) mass is 438 g/mol. The largest absolute Gasteiger partial charge is 0.481 e. The molecule has 6 nitrogen and oxygen atoms in total. The van der Waals surface area contributed by atoms with Gasteiger partial charge in [0.05, 0.1) is 5.02 Å². The number of pyridine rings is 1. The molecule has 7 heteroatoms. The van der Waals surface area contributed by atoms with E-state index in [4.69, 9.17) is 16.3 Å². The van der Waals surface area contributed by atoms with Gasteiger partial charge < -0.3 is 10.1 Å². The van der Waals surface area contributed by atoms with Gasteiger partial charge in [-0.05, 0) is 29.8 Å². The number of rotatable bonds is 8. The lowest BCUT2D eigenvalue weighted by Gasteiger charge is -2.34. The van der Waals surface area contributed by atoms with Crippen LogP contribution in [-0.2, 0) is 11.3 Å². The second-order valence-corrected chi connectivity index (χ2v) is 8.09. The number of halogens is 1. The van der Waals surface area contributed by atoms with Crippen LogP contribution in [-0.4, -0.2) is 66.6 Å². The third-order valence-corrected chi connectivity index (χ3v) is 5.83. The summed E-state index contributed by atoms with van der Waals surface area (Å²) in [5.41, 5.74) is 2.02. The lowest BCUT2D eigenvalue weighted by molar-refractivity contribution is -0.123. The third kappa shape index (κ3) is 5.94. The van der Waals surface area contributed by atoms with E-state index in [2.05, 4.69) is 50.4 Å². The lowest BCUT2D eigenvalue weighted by Crippen LogP contribution is -2.48. The highest BCUT2D eigenvalue weighted by Crippen LogP contribution is 2.29. The summed E-state index contributed by atoms with van der Waals surface area (Å²) in [6, 6.07) is 17.8. The molecule has 0 spiro atoms. The minimum Gasteiger partial charge on any atom is -0.481 e. The molecule has 162 valence electrons. The molecule has 2 aromatic carbocycles. The molecule has 1 aliphatic heterocycles. The van der Waals surface area contributed by atoms with Crippen LogP contribution in [0.1, 0.15) is 5.56 Å². The molecule has 0 unspecified atom stereocenters. The summed E-state index contributed by atoms with van der Waals surface area (Å²) in [7, 11) is 0. The number of amides is 1. The van der Waals surface area contributed by atoms with Crippen LogP contribution in [0.5, 0.6) is 5.75 Å². The zero-order valence-electron chi connectivity index (χ0n) is 17.5. The number of piperazine rings is 1. The van der Waals surface area contributed by atoms with Crippen LogP contribution >= 0.6 is 11.6 Å². The molecule has 0 radical (unpaired) electrons. The Balaban J connectivity index is 1.16. The van der Waals surface area contributed by atoms with Crippen LogP contribution in [0.25, 0.3) is 10.9 Å². The highest BCUT2D eigenvalue weighted by atomic mass is 35.5. The third-order valence-electron chi connectivity index (χ3n) is 5.50. The maximum Gasteiger partial charge on any atom is 0.257 e. The van der Waals surface area contributed by atoms with Crippen molar-refractivity contribution in [2.75, 3.05) is 45.9 Å². The van der Waals surface area contributed by atoms with Crippen molar-refractivity contribution in [3.63, 3.8) is 0 Å². The van der Waals surface area contributed by atoms with Gasteiger partial charge in [-0.1, -0.05) is 41.9 Å². The Morgan fingerprint density at radius 1 is 1.00 bits per heavy atom. The van der Waals surface area contributed by atoms with E-state index in [9.17, 15) is 4.79 Å². The molecule has 3 aromatic rings. The highest BCUT2D eigenvalue weighted by molar-refractivity contribution is 6.35. The molecule has 4 rings (SSSR count). The molecule has 1 N–H and O–H groups in total. The van der Waals surface area contributed by atoms with Crippen LogP contribution in [0, 0.1) is 0 Å². The molecular weight excluding hydrogens is 412 g/mol. The van der Waals surface area contributed by atoms with Gasteiger partial charge >= 0.3 is 0 Å². The van der Waals surface area contributed by atoms with Crippen LogP contribution in [0.4, 0.5) is 0 Å². The number of hydrogen-bond acceptors (Lipinski definition) is 5. The van der Waals surface area contributed by atoms with Crippen molar-refractivity contribution in [3.8, 4) is 5.75 Å². The zero-order valence-corrected chi connectivity index (χ0v) is 18.2. The zero-order chi connectivity index (χ0) is 21.5. The summed E-state index contributed by atoms with van der Waals surface area (Å²) in [6.45, 7) is 6.53. The summed E-state index contributed by atoms with van der Waals surface area (Å²) in [6.07, 6.45) is 1.69. The molecule has 0 atom stereocenters. The Bertz CT molecular complexity index is 1010. The van der Waals surface area contributed by atoms with Crippen LogP contribution in [0.2, 0.25) is 5.02 Å². The quantitative estimate of drug-likeness (QED) is 0.585. The smallest absolute Gasteiger partial charge is 0.257 e. The summed E-state index contributed by atoms with van der Waals surface area (Å²) in [4.78, 5) is 21.4. The molecule has 31 heavy (non-hydrogen) atoms. The minimum absolute atomic E-state index is 0.0435. The van der Waals surface area contributed by atoms with E-state index in [1.165, 1.54) is 5.56 Å². The van der Waals surface area contributed by atoms with E-state index in [1.807, 2.05) is 12.1 Å². The van der Waals surface area contributed by atoms with Gasteiger partial charge in [0.25, 0.3) is 5.91 Å². The van der Waals surface area contributed by atoms with E-state index < -0.39 is 0 Å². The number of carbonyl (C=O) groups excluding carboxylic acids is 1. The van der Waals surface area contributed by atoms with Gasteiger partial charge in [0.2, 0.25) is 0 Å². The van der Waals surface area contributed by atoms with Crippen molar-refractivity contribution < 1.29 is 9.53 Å². The normalized spacial score (nSPS) is 15.1. The Morgan fingerprint density at radius 2 is 1.77 bits per heavy atom. The first-order valence-corrected chi connectivity index (χ1v) is 11.0.